The summed E-state index contributed by atoms with van der Waals surface area (Å²) in [4.78, 5) is 4.87. The van der Waals surface area contributed by atoms with Crippen molar-refractivity contribution in [1.29, 1.82) is 0 Å². The van der Waals surface area contributed by atoms with Gasteiger partial charge in [0.1, 0.15) is 11.6 Å². The SMILES string of the molecule is CCS(=O)(=O)N1CC2(CCN(c3ccc(OCCCN4CCCCC4)cc3)CC2)c2cccc(F)c21. The van der Waals surface area contributed by atoms with E-state index in [1.807, 2.05) is 18.2 Å². The molecule has 3 aliphatic rings. The fraction of sp³-hybridized carbons (Fsp3) is 0.571. The third kappa shape index (κ3) is 5.07. The van der Waals surface area contributed by atoms with Gasteiger partial charge in [0.25, 0.3) is 0 Å². The molecule has 6 nitrogen and oxygen atoms in total. The molecule has 2 aromatic rings. The van der Waals surface area contributed by atoms with Crippen LogP contribution in [0.25, 0.3) is 0 Å². The summed E-state index contributed by atoms with van der Waals surface area (Å²) in [5.74, 6) is 0.414. The van der Waals surface area contributed by atoms with Gasteiger partial charge in [-0.3, -0.25) is 4.31 Å². The van der Waals surface area contributed by atoms with E-state index in [0.29, 0.717) is 6.54 Å². The van der Waals surface area contributed by atoms with Crippen LogP contribution in [0.15, 0.2) is 42.5 Å². The lowest BCUT2D eigenvalue weighted by Crippen LogP contribution is -2.46. The van der Waals surface area contributed by atoms with Gasteiger partial charge in [-0.1, -0.05) is 18.6 Å². The molecule has 0 atom stereocenters. The molecule has 0 saturated carbocycles. The molecule has 0 unspecified atom stereocenters. The first-order valence-electron chi connectivity index (χ1n) is 13.4. The van der Waals surface area contributed by atoms with E-state index in [1.165, 1.54) is 42.7 Å². The second-order valence-corrected chi connectivity index (χ2v) is 12.6. The number of anilines is 2. The lowest BCUT2D eigenvalue weighted by atomic mass is 9.74. The highest BCUT2D eigenvalue weighted by Gasteiger charge is 2.48. The number of benzene rings is 2. The Morgan fingerprint density at radius 3 is 2.39 bits per heavy atom. The minimum atomic E-state index is -3.53. The molecule has 3 aliphatic heterocycles. The molecule has 36 heavy (non-hydrogen) atoms. The Balaban J connectivity index is 1.18. The molecule has 0 bridgehead atoms. The number of hydrogen-bond acceptors (Lipinski definition) is 5. The fourth-order valence-electron chi connectivity index (χ4n) is 6.06. The van der Waals surface area contributed by atoms with Gasteiger partial charge in [-0.15, -0.1) is 0 Å². The molecule has 3 heterocycles. The van der Waals surface area contributed by atoms with Gasteiger partial charge in [-0.05, 0) is 88.0 Å². The Hall–Kier alpha value is -2.32. The Labute approximate surface area is 215 Å². The molecule has 2 aromatic carbocycles. The number of likely N-dealkylation sites (tertiary alicyclic amines) is 1. The van der Waals surface area contributed by atoms with Crippen LogP contribution in [0, 0.1) is 5.82 Å². The van der Waals surface area contributed by atoms with Crippen LogP contribution in [-0.4, -0.2) is 64.9 Å². The normalized spacial score (nSPS) is 20.1. The second-order valence-electron chi connectivity index (χ2n) is 10.4. The van der Waals surface area contributed by atoms with Gasteiger partial charge in [0.2, 0.25) is 10.0 Å². The van der Waals surface area contributed by atoms with Gasteiger partial charge in [0.05, 0.1) is 18.0 Å². The number of hydrogen-bond donors (Lipinski definition) is 0. The number of sulfonamides is 1. The average Bonchev–Trinajstić information content (AvgIpc) is 3.24. The topological polar surface area (TPSA) is 53.1 Å². The maximum atomic E-state index is 14.8. The van der Waals surface area contributed by atoms with E-state index in [9.17, 15) is 12.8 Å². The molecule has 0 amide bonds. The Bertz CT molecular complexity index is 1140. The highest BCUT2D eigenvalue weighted by atomic mass is 32.2. The summed E-state index contributed by atoms with van der Waals surface area (Å²) >= 11 is 0. The number of piperidine rings is 2. The van der Waals surface area contributed by atoms with Crippen LogP contribution in [0.3, 0.4) is 0 Å². The predicted octanol–water partition coefficient (Wildman–Crippen LogP) is 4.79. The van der Waals surface area contributed by atoms with Gasteiger partial charge >= 0.3 is 0 Å². The van der Waals surface area contributed by atoms with Gasteiger partial charge < -0.3 is 14.5 Å². The molecule has 2 fully saturated rings. The molecule has 2 saturated heterocycles. The second kappa shape index (κ2) is 10.6. The highest BCUT2D eigenvalue weighted by molar-refractivity contribution is 7.92. The molecule has 0 radical (unpaired) electrons. The largest absolute Gasteiger partial charge is 0.494 e. The number of rotatable bonds is 8. The van der Waals surface area contributed by atoms with E-state index in [1.54, 1.807) is 13.0 Å². The van der Waals surface area contributed by atoms with Gasteiger partial charge in [-0.2, -0.15) is 0 Å². The van der Waals surface area contributed by atoms with Crippen LogP contribution in [0.5, 0.6) is 5.75 Å². The van der Waals surface area contributed by atoms with Crippen molar-refractivity contribution >= 4 is 21.4 Å². The van der Waals surface area contributed by atoms with E-state index in [0.717, 1.165) is 62.5 Å². The van der Waals surface area contributed by atoms with E-state index in [2.05, 4.69) is 21.9 Å². The van der Waals surface area contributed by atoms with Crippen molar-refractivity contribution in [3.05, 3.63) is 53.8 Å². The van der Waals surface area contributed by atoms with Crippen molar-refractivity contribution < 1.29 is 17.5 Å². The molecule has 0 N–H and O–H groups in total. The van der Waals surface area contributed by atoms with E-state index in [4.69, 9.17) is 4.74 Å². The highest BCUT2D eigenvalue weighted by Crippen LogP contribution is 2.49. The summed E-state index contributed by atoms with van der Waals surface area (Å²) in [6.07, 6.45) is 6.62. The zero-order chi connectivity index (χ0) is 25.2. The molecule has 0 aliphatic carbocycles. The number of ether oxygens (including phenoxy) is 1. The van der Waals surface area contributed by atoms with Crippen molar-refractivity contribution in [3.8, 4) is 5.75 Å². The summed E-state index contributed by atoms with van der Waals surface area (Å²) in [5.41, 5.74) is 1.90. The Morgan fingerprint density at radius 2 is 1.69 bits per heavy atom. The maximum Gasteiger partial charge on any atom is 0.235 e. The molecule has 8 heteroatoms. The van der Waals surface area contributed by atoms with Crippen molar-refractivity contribution in [2.45, 2.75) is 50.9 Å². The Kier molecular flexibility index (Phi) is 7.45. The summed E-state index contributed by atoms with van der Waals surface area (Å²) < 4.78 is 47.6. The van der Waals surface area contributed by atoms with Crippen molar-refractivity contribution in [2.24, 2.45) is 0 Å². The molecular weight excluding hydrogens is 477 g/mol. The van der Waals surface area contributed by atoms with E-state index in [-0.39, 0.29) is 16.9 Å². The average molecular weight is 516 g/mol. The zero-order valence-electron chi connectivity index (χ0n) is 21.3. The summed E-state index contributed by atoms with van der Waals surface area (Å²) in [5, 5.41) is 0. The summed E-state index contributed by atoms with van der Waals surface area (Å²) in [7, 11) is -3.53. The van der Waals surface area contributed by atoms with Crippen LogP contribution in [0.2, 0.25) is 0 Å². The van der Waals surface area contributed by atoms with Crippen LogP contribution in [0.4, 0.5) is 15.8 Å². The smallest absolute Gasteiger partial charge is 0.235 e. The summed E-state index contributed by atoms with van der Waals surface area (Å²) in [6.45, 7) is 7.82. The fourth-order valence-corrected chi connectivity index (χ4v) is 7.28. The predicted molar refractivity (Wildman–Crippen MR) is 143 cm³/mol. The van der Waals surface area contributed by atoms with Gasteiger partial charge in [0.15, 0.2) is 0 Å². The molecule has 196 valence electrons. The molecular formula is C28H38FN3O3S. The van der Waals surface area contributed by atoms with E-state index < -0.39 is 15.8 Å². The first-order valence-corrected chi connectivity index (χ1v) is 15.0. The molecule has 0 aromatic heterocycles. The first-order chi connectivity index (χ1) is 17.4. The number of para-hydroxylation sites is 1. The number of halogens is 1. The van der Waals surface area contributed by atoms with Crippen LogP contribution < -0.4 is 13.9 Å². The van der Waals surface area contributed by atoms with Crippen molar-refractivity contribution in [1.82, 2.24) is 4.90 Å². The monoisotopic (exact) mass is 515 g/mol. The van der Waals surface area contributed by atoms with Crippen LogP contribution in [0.1, 0.15) is 51.0 Å². The third-order valence-electron chi connectivity index (χ3n) is 8.21. The lowest BCUT2D eigenvalue weighted by molar-refractivity contribution is 0.205. The number of fused-ring (bicyclic) bond motifs is 2. The zero-order valence-corrected chi connectivity index (χ0v) is 22.1. The van der Waals surface area contributed by atoms with Crippen LogP contribution in [-0.2, 0) is 15.4 Å². The summed E-state index contributed by atoms with van der Waals surface area (Å²) in [6, 6.07) is 13.3. The number of nitrogens with zero attached hydrogens (tertiary/aromatic N) is 3. The quantitative estimate of drug-likeness (QED) is 0.474. The first kappa shape index (κ1) is 25.3. The Morgan fingerprint density at radius 1 is 0.972 bits per heavy atom. The minimum Gasteiger partial charge on any atom is -0.494 e. The maximum absolute atomic E-state index is 14.8. The standard InChI is InChI=1S/C28H38FN3O3S/c1-2-36(33,34)32-22-28(25-8-6-9-26(29)27(25)32)14-19-31(20-15-28)23-10-12-24(13-11-23)35-21-7-18-30-16-4-3-5-17-30/h6,8-13H,2-5,7,14-22H2,1H3. The van der Waals surface area contributed by atoms with Crippen LogP contribution >= 0.6 is 0 Å². The van der Waals surface area contributed by atoms with Gasteiger partial charge in [-0.25, -0.2) is 12.8 Å². The molecule has 5 rings (SSSR count). The molecule has 1 spiro atoms. The van der Waals surface area contributed by atoms with Gasteiger partial charge in [0, 0.05) is 37.3 Å². The lowest BCUT2D eigenvalue weighted by Gasteiger charge is -2.41. The third-order valence-corrected chi connectivity index (χ3v) is 9.93. The minimum absolute atomic E-state index is 0.0321. The van der Waals surface area contributed by atoms with E-state index >= 15 is 0 Å². The van der Waals surface area contributed by atoms with Crippen molar-refractivity contribution in [3.63, 3.8) is 0 Å². The van der Waals surface area contributed by atoms with Crippen molar-refractivity contribution in [2.75, 3.05) is 60.8 Å².